The highest BCUT2D eigenvalue weighted by atomic mass is 19.1. The molecule has 0 aliphatic heterocycles. The predicted octanol–water partition coefficient (Wildman–Crippen LogP) is 2.12. The SMILES string of the molecule is O=C(NCCOc1ccccc1F)C1CCC1. The van der Waals surface area contributed by atoms with E-state index in [0.29, 0.717) is 13.2 Å². The summed E-state index contributed by atoms with van der Waals surface area (Å²) in [5.41, 5.74) is 0. The average Bonchev–Trinajstić information content (AvgIpc) is 2.24. The molecule has 1 saturated carbocycles. The van der Waals surface area contributed by atoms with Crippen LogP contribution in [0.15, 0.2) is 24.3 Å². The Morgan fingerprint density at radius 1 is 1.41 bits per heavy atom. The van der Waals surface area contributed by atoms with Crippen molar-refractivity contribution in [2.24, 2.45) is 5.92 Å². The number of para-hydroxylation sites is 1. The summed E-state index contributed by atoms with van der Waals surface area (Å²) in [6.07, 6.45) is 3.11. The summed E-state index contributed by atoms with van der Waals surface area (Å²) in [7, 11) is 0. The lowest BCUT2D eigenvalue weighted by Gasteiger charge is -2.23. The van der Waals surface area contributed by atoms with Crippen molar-refractivity contribution in [3.63, 3.8) is 0 Å². The van der Waals surface area contributed by atoms with Gasteiger partial charge in [0.25, 0.3) is 0 Å². The molecule has 1 aromatic rings. The van der Waals surface area contributed by atoms with Crippen LogP contribution < -0.4 is 10.1 Å². The molecular weight excluding hydrogens is 221 g/mol. The van der Waals surface area contributed by atoms with Crippen LogP contribution in [0.4, 0.5) is 4.39 Å². The molecule has 1 N–H and O–H groups in total. The van der Waals surface area contributed by atoms with E-state index in [0.717, 1.165) is 19.3 Å². The summed E-state index contributed by atoms with van der Waals surface area (Å²) < 4.78 is 18.4. The van der Waals surface area contributed by atoms with Gasteiger partial charge in [0.05, 0.1) is 6.54 Å². The van der Waals surface area contributed by atoms with Crippen molar-refractivity contribution in [1.29, 1.82) is 0 Å². The van der Waals surface area contributed by atoms with Gasteiger partial charge in [-0.05, 0) is 25.0 Å². The van der Waals surface area contributed by atoms with Crippen LogP contribution in [0.5, 0.6) is 5.75 Å². The summed E-state index contributed by atoms with van der Waals surface area (Å²) in [5.74, 6) is 0.125. The fourth-order valence-electron chi connectivity index (χ4n) is 1.71. The molecular formula is C13H16FNO2. The molecule has 1 fully saturated rings. The number of carbonyl (C=O) groups is 1. The van der Waals surface area contributed by atoms with Gasteiger partial charge in [0.1, 0.15) is 6.61 Å². The number of halogens is 1. The van der Waals surface area contributed by atoms with E-state index in [1.165, 1.54) is 6.07 Å². The molecule has 3 nitrogen and oxygen atoms in total. The number of ether oxygens (including phenoxy) is 1. The van der Waals surface area contributed by atoms with Crippen LogP contribution in [0.3, 0.4) is 0 Å². The third-order valence-corrected chi connectivity index (χ3v) is 2.97. The monoisotopic (exact) mass is 237 g/mol. The highest BCUT2D eigenvalue weighted by Gasteiger charge is 2.24. The molecule has 1 aliphatic rings. The Morgan fingerprint density at radius 3 is 2.82 bits per heavy atom. The van der Waals surface area contributed by atoms with Crippen LogP contribution in [0.2, 0.25) is 0 Å². The first-order chi connectivity index (χ1) is 8.27. The highest BCUT2D eigenvalue weighted by Crippen LogP contribution is 2.26. The first kappa shape index (κ1) is 11.9. The van der Waals surface area contributed by atoms with Crippen LogP contribution in [0.1, 0.15) is 19.3 Å². The maximum atomic E-state index is 13.2. The van der Waals surface area contributed by atoms with Gasteiger partial charge in [0.2, 0.25) is 5.91 Å². The summed E-state index contributed by atoms with van der Waals surface area (Å²) in [5, 5.41) is 2.79. The standard InChI is InChI=1S/C13H16FNO2/c14-11-6-1-2-7-12(11)17-9-8-15-13(16)10-4-3-5-10/h1-2,6-7,10H,3-5,8-9H2,(H,15,16). The maximum absolute atomic E-state index is 13.2. The van der Waals surface area contributed by atoms with Crippen LogP contribution in [-0.4, -0.2) is 19.1 Å². The fourth-order valence-corrected chi connectivity index (χ4v) is 1.71. The third kappa shape index (κ3) is 3.19. The Hall–Kier alpha value is -1.58. The summed E-state index contributed by atoms with van der Waals surface area (Å²) in [4.78, 5) is 11.5. The number of carbonyl (C=O) groups excluding carboxylic acids is 1. The minimum atomic E-state index is -0.377. The van der Waals surface area contributed by atoms with Crippen LogP contribution in [0, 0.1) is 11.7 Å². The molecule has 1 amide bonds. The van der Waals surface area contributed by atoms with Crippen molar-refractivity contribution >= 4 is 5.91 Å². The number of amides is 1. The van der Waals surface area contributed by atoms with E-state index in [-0.39, 0.29) is 23.4 Å². The Morgan fingerprint density at radius 2 is 2.18 bits per heavy atom. The maximum Gasteiger partial charge on any atom is 0.223 e. The van der Waals surface area contributed by atoms with Crippen molar-refractivity contribution in [1.82, 2.24) is 5.32 Å². The Labute approximate surface area is 100.0 Å². The molecule has 0 radical (unpaired) electrons. The van der Waals surface area contributed by atoms with E-state index in [4.69, 9.17) is 4.74 Å². The zero-order valence-electron chi connectivity index (χ0n) is 9.62. The molecule has 92 valence electrons. The number of nitrogens with one attached hydrogen (secondary N) is 1. The molecule has 17 heavy (non-hydrogen) atoms. The van der Waals surface area contributed by atoms with Gasteiger partial charge in [0.15, 0.2) is 11.6 Å². The molecule has 0 bridgehead atoms. The highest BCUT2D eigenvalue weighted by molar-refractivity contribution is 5.79. The lowest BCUT2D eigenvalue weighted by molar-refractivity contribution is -0.127. The normalized spacial score (nSPS) is 15.1. The Bertz CT molecular complexity index is 391. The summed E-state index contributed by atoms with van der Waals surface area (Å²) >= 11 is 0. The molecule has 4 heteroatoms. The van der Waals surface area contributed by atoms with Crippen molar-refractivity contribution < 1.29 is 13.9 Å². The second-order valence-electron chi connectivity index (χ2n) is 4.20. The van der Waals surface area contributed by atoms with Gasteiger partial charge in [-0.2, -0.15) is 0 Å². The molecule has 0 aromatic heterocycles. The van der Waals surface area contributed by atoms with Crippen molar-refractivity contribution in [2.75, 3.05) is 13.2 Å². The molecule has 0 heterocycles. The van der Waals surface area contributed by atoms with Gasteiger partial charge in [0, 0.05) is 5.92 Å². The minimum Gasteiger partial charge on any atom is -0.489 e. The zero-order valence-corrected chi connectivity index (χ0v) is 9.62. The molecule has 2 rings (SSSR count). The minimum absolute atomic E-state index is 0.0911. The van der Waals surface area contributed by atoms with E-state index in [2.05, 4.69) is 5.32 Å². The zero-order chi connectivity index (χ0) is 12.1. The van der Waals surface area contributed by atoms with Gasteiger partial charge < -0.3 is 10.1 Å². The van der Waals surface area contributed by atoms with Gasteiger partial charge in [-0.3, -0.25) is 4.79 Å². The molecule has 0 spiro atoms. The van der Waals surface area contributed by atoms with Crippen molar-refractivity contribution in [3.8, 4) is 5.75 Å². The second-order valence-corrected chi connectivity index (χ2v) is 4.20. The van der Waals surface area contributed by atoms with E-state index in [9.17, 15) is 9.18 Å². The van der Waals surface area contributed by atoms with Gasteiger partial charge in [-0.15, -0.1) is 0 Å². The van der Waals surface area contributed by atoms with E-state index in [1.807, 2.05) is 0 Å². The van der Waals surface area contributed by atoms with E-state index >= 15 is 0 Å². The van der Waals surface area contributed by atoms with E-state index < -0.39 is 0 Å². The topological polar surface area (TPSA) is 38.3 Å². The first-order valence-electron chi connectivity index (χ1n) is 5.92. The number of rotatable bonds is 5. The van der Waals surface area contributed by atoms with Crippen LogP contribution >= 0.6 is 0 Å². The number of hydrogen-bond donors (Lipinski definition) is 1. The van der Waals surface area contributed by atoms with Gasteiger partial charge in [-0.25, -0.2) is 4.39 Å². The van der Waals surface area contributed by atoms with E-state index in [1.54, 1.807) is 18.2 Å². The first-order valence-corrected chi connectivity index (χ1v) is 5.92. The van der Waals surface area contributed by atoms with Gasteiger partial charge >= 0.3 is 0 Å². The predicted molar refractivity (Wildman–Crippen MR) is 62.2 cm³/mol. The van der Waals surface area contributed by atoms with Gasteiger partial charge in [-0.1, -0.05) is 18.6 Å². The van der Waals surface area contributed by atoms with Crippen LogP contribution in [0.25, 0.3) is 0 Å². The molecule has 1 aliphatic carbocycles. The third-order valence-electron chi connectivity index (χ3n) is 2.97. The molecule has 0 unspecified atom stereocenters. The molecule has 0 atom stereocenters. The lowest BCUT2D eigenvalue weighted by atomic mass is 9.85. The molecule has 1 aromatic carbocycles. The Kier molecular flexibility index (Phi) is 3.96. The fraction of sp³-hybridized carbons (Fsp3) is 0.462. The average molecular weight is 237 g/mol. The summed E-state index contributed by atoms with van der Waals surface area (Å²) in [6, 6.07) is 6.25. The van der Waals surface area contributed by atoms with Crippen LogP contribution in [-0.2, 0) is 4.79 Å². The number of benzene rings is 1. The molecule has 0 saturated heterocycles. The number of hydrogen-bond acceptors (Lipinski definition) is 2. The Balaban J connectivity index is 1.66. The quantitative estimate of drug-likeness (QED) is 0.797. The second kappa shape index (κ2) is 5.66. The largest absolute Gasteiger partial charge is 0.489 e. The lowest BCUT2D eigenvalue weighted by Crippen LogP contribution is -2.36. The van der Waals surface area contributed by atoms with Crippen molar-refractivity contribution in [2.45, 2.75) is 19.3 Å². The smallest absolute Gasteiger partial charge is 0.223 e. The van der Waals surface area contributed by atoms with Crippen molar-refractivity contribution in [3.05, 3.63) is 30.1 Å². The summed E-state index contributed by atoms with van der Waals surface area (Å²) in [6.45, 7) is 0.711.